The summed E-state index contributed by atoms with van der Waals surface area (Å²) in [5.41, 5.74) is 4.96. The first-order chi connectivity index (χ1) is 16.9. The average molecular weight is 472 g/mol. The summed E-state index contributed by atoms with van der Waals surface area (Å²) in [6, 6.07) is 20.6. The molecule has 4 rings (SSSR count). The van der Waals surface area contributed by atoms with Gasteiger partial charge in [0.05, 0.1) is 28.5 Å². The molecule has 3 aromatic carbocycles. The zero-order valence-corrected chi connectivity index (χ0v) is 19.4. The molecule has 0 bridgehead atoms. The number of fused-ring (bicyclic) bond motifs is 1. The van der Waals surface area contributed by atoms with Crippen LogP contribution in [0, 0.1) is 5.82 Å². The van der Waals surface area contributed by atoms with E-state index in [1.165, 1.54) is 12.1 Å². The van der Waals surface area contributed by atoms with E-state index < -0.39 is 5.97 Å². The van der Waals surface area contributed by atoms with Crippen LogP contribution in [-0.2, 0) is 11.2 Å². The maximum Gasteiger partial charge on any atom is 0.303 e. The molecule has 0 saturated carbocycles. The monoisotopic (exact) mass is 471 g/mol. The number of rotatable bonds is 9. The maximum absolute atomic E-state index is 13.2. The lowest BCUT2D eigenvalue weighted by atomic mass is 10.0. The van der Waals surface area contributed by atoms with Crippen LogP contribution in [0.2, 0.25) is 0 Å². The molecule has 1 heterocycles. The van der Waals surface area contributed by atoms with Gasteiger partial charge in [-0.3, -0.25) is 9.59 Å². The molecule has 0 spiro atoms. The molecule has 1 atom stereocenters. The molecule has 0 aliphatic rings. The van der Waals surface area contributed by atoms with Crippen LogP contribution < -0.4 is 5.32 Å². The van der Waals surface area contributed by atoms with Gasteiger partial charge in [-0.25, -0.2) is 14.4 Å². The number of nitrogens with zero attached hydrogens (tertiary/aromatic N) is 2. The summed E-state index contributed by atoms with van der Waals surface area (Å²) in [6.45, 7) is 1.84. The predicted octanol–water partition coefficient (Wildman–Crippen LogP) is 5.72. The lowest BCUT2D eigenvalue weighted by molar-refractivity contribution is -0.137. The first kappa shape index (κ1) is 24.0. The van der Waals surface area contributed by atoms with E-state index in [9.17, 15) is 14.0 Å². The van der Waals surface area contributed by atoms with E-state index in [2.05, 4.69) is 5.32 Å². The zero-order chi connectivity index (χ0) is 24.8. The third-order valence-corrected chi connectivity index (χ3v) is 5.82. The fourth-order valence-electron chi connectivity index (χ4n) is 3.92. The van der Waals surface area contributed by atoms with Crippen LogP contribution in [0.4, 0.5) is 4.39 Å². The van der Waals surface area contributed by atoms with E-state index >= 15 is 0 Å². The average Bonchev–Trinajstić information content (AvgIpc) is 2.86. The summed E-state index contributed by atoms with van der Waals surface area (Å²) < 4.78 is 13.2. The molecule has 0 aliphatic heterocycles. The highest BCUT2D eigenvalue weighted by Gasteiger charge is 2.15. The number of aryl methyl sites for hydroxylation is 1. The van der Waals surface area contributed by atoms with Crippen molar-refractivity contribution < 1.29 is 19.1 Å². The minimum absolute atomic E-state index is 0.122. The van der Waals surface area contributed by atoms with E-state index in [1.807, 2.05) is 37.3 Å². The van der Waals surface area contributed by atoms with Crippen molar-refractivity contribution in [1.29, 1.82) is 0 Å². The summed E-state index contributed by atoms with van der Waals surface area (Å²) in [5, 5.41) is 11.9. The molecule has 1 amide bonds. The summed E-state index contributed by atoms with van der Waals surface area (Å²) in [6.07, 6.45) is 1.98. The number of aliphatic carboxylic acids is 1. The molecule has 0 fully saturated rings. The number of hydrogen-bond acceptors (Lipinski definition) is 4. The molecule has 35 heavy (non-hydrogen) atoms. The Balaban J connectivity index is 1.61. The molecule has 178 valence electrons. The highest BCUT2D eigenvalue weighted by atomic mass is 19.1. The minimum Gasteiger partial charge on any atom is -0.481 e. The lowest BCUT2D eigenvalue weighted by Gasteiger charge is -2.15. The topological polar surface area (TPSA) is 92.2 Å². The summed E-state index contributed by atoms with van der Waals surface area (Å²) in [5.74, 6) is -1.39. The van der Waals surface area contributed by atoms with Crippen molar-refractivity contribution in [1.82, 2.24) is 15.3 Å². The quantitative estimate of drug-likeness (QED) is 0.305. The highest BCUT2D eigenvalue weighted by Crippen LogP contribution is 2.25. The van der Waals surface area contributed by atoms with Gasteiger partial charge in [0, 0.05) is 17.5 Å². The fourth-order valence-corrected chi connectivity index (χ4v) is 3.92. The summed E-state index contributed by atoms with van der Waals surface area (Å²) in [4.78, 5) is 33.4. The molecule has 4 aromatic rings. The largest absolute Gasteiger partial charge is 0.481 e. The first-order valence-corrected chi connectivity index (χ1v) is 11.5. The number of hydrogen-bond donors (Lipinski definition) is 2. The van der Waals surface area contributed by atoms with Crippen molar-refractivity contribution in [3.63, 3.8) is 0 Å². The van der Waals surface area contributed by atoms with Crippen molar-refractivity contribution in [3.05, 3.63) is 95.4 Å². The number of carboxylic acids is 1. The lowest BCUT2D eigenvalue weighted by Crippen LogP contribution is -2.26. The fraction of sp³-hybridized carbons (Fsp3) is 0.214. The SMILES string of the molecule is C[C@@H](NC(=O)c1ccc2nc(CCCCC(=O)O)c(-c3ccccc3)nc2c1)c1ccc(F)cc1. The number of halogens is 1. The Bertz CT molecular complexity index is 1340. The van der Waals surface area contributed by atoms with Crippen LogP contribution >= 0.6 is 0 Å². The van der Waals surface area contributed by atoms with Crippen LogP contribution in [0.5, 0.6) is 0 Å². The van der Waals surface area contributed by atoms with Gasteiger partial charge in [0.1, 0.15) is 5.82 Å². The third kappa shape index (κ3) is 6.06. The smallest absolute Gasteiger partial charge is 0.303 e. The van der Waals surface area contributed by atoms with Gasteiger partial charge < -0.3 is 10.4 Å². The van der Waals surface area contributed by atoms with Gasteiger partial charge >= 0.3 is 5.97 Å². The van der Waals surface area contributed by atoms with Crippen LogP contribution in [0.25, 0.3) is 22.3 Å². The molecule has 7 heteroatoms. The van der Waals surface area contributed by atoms with Gasteiger partial charge in [-0.1, -0.05) is 42.5 Å². The van der Waals surface area contributed by atoms with Crippen LogP contribution in [-0.4, -0.2) is 27.0 Å². The van der Waals surface area contributed by atoms with Crippen LogP contribution in [0.1, 0.15) is 53.8 Å². The summed E-state index contributed by atoms with van der Waals surface area (Å²) >= 11 is 0. The van der Waals surface area contributed by atoms with Crippen molar-refractivity contribution in [3.8, 4) is 11.3 Å². The number of aromatic nitrogens is 2. The standard InChI is InChI=1S/C28H26FN3O3/c1-18(19-11-14-22(29)15-12-19)30-28(35)21-13-16-23-25(17-21)32-27(20-7-3-2-4-8-20)24(31-23)9-5-6-10-26(33)34/h2-4,7-8,11-18H,5-6,9-10H2,1H3,(H,30,35)(H,33,34)/t18-/m1/s1. The first-order valence-electron chi connectivity index (χ1n) is 11.5. The Morgan fingerprint density at radius 1 is 0.943 bits per heavy atom. The second kappa shape index (κ2) is 10.9. The second-order valence-corrected chi connectivity index (χ2v) is 8.44. The number of carbonyl (C=O) groups is 2. The Hall–Kier alpha value is -4.13. The van der Waals surface area contributed by atoms with Crippen molar-refractivity contribution in [2.45, 2.75) is 38.6 Å². The van der Waals surface area contributed by atoms with Crippen molar-refractivity contribution in [2.75, 3.05) is 0 Å². The molecule has 2 N–H and O–H groups in total. The Kier molecular flexibility index (Phi) is 7.45. The molecule has 6 nitrogen and oxygen atoms in total. The Labute approximate surface area is 202 Å². The molecular formula is C28H26FN3O3. The van der Waals surface area contributed by atoms with Crippen molar-refractivity contribution in [2.24, 2.45) is 0 Å². The number of carbonyl (C=O) groups excluding carboxylic acids is 1. The van der Waals surface area contributed by atoms with E-state index in [0.29, 0.717) is 35.9 Å². The van der Waals surface area contributed by atoms with Gasteiger partial charge in [-0.15, -0.1) is 0 Å². The molecule has 0 saturated heterocycles. The second-order valence-electron chi connectivity index (χ2n) is 8.44. The summed E-state index contributed by atoms with van der Waals surface area (Å²) in [7, 11) is 0. The Morgan fingerprint density at radius 2 is 1.69 bits per heavy atom. The molecular weight excluding hydrogens is 445 g/mol. The van der Waals surface area contributed by atoms with E-state index in [0.717, 1.165) is 22.5 Å². The number of carboxylic acid groups (broad SMARTS) is 1. The number of benzene rings is 3. The van der Waals surface area contributed by atoms with E-state index in [1.54, 1.807) is 30.3 Å². The van der Waals surface area contributed by atoms with Gasteiger partial charge in [0.2, 0.25) is 0 Å². The van der Waals surface area contributed by atoms with Crippen molar-refractivity contribution >= 4 is 22.9 Å². The molecule has 1 aromatic heterocycles. The highest BCUT2D eigenvalue weighted by molar-refractivity contribution is 5.97. The van der Waals surface area contributed by atoms with Gasteiger partial charge in [0.25, 0.3) is 5.91 Å². The van der Waals surface area contributed by atoms with E-state index in [-0.39, 0.29) is 24.2 Å². The van der Waals surface area contributed by atoms with Gasteiger partial charge in [0.15, 0.2) is 0 Å². The predicted molar refractivity (Wildman–Crippen MR) is 132 cm³/mol. The van der Waals surface area contributed by atoms with Gasteiger partial charge in [-0.05, 0) is 62.1 Å². The number of amides is 1. The normalized spacial score (nSPS) is 11.8. The maximum atomic E-state index is 13.2. The van der Waals surface area contributed by atoms with E-state index in [4.69, 9.17) is 15.1 Å². The minimum atomic E-state index is -0.808. The van der Waals surface area contributed by atoms with Gasteiger partial charge in [-0.2, -0.15) is 0 Å². The van der Waals surface area contributed by atoms with Crippen LogP contribution in [0.3, 0.4) is 0 Å². The third-order valence-electron chi connectivity index (χ3n) is 5.82. The molecule has 0 aliphatic carbocycles. The zero-order valence-electron chi connectivity index (χ0n) is 19.4. The number of unbranched alkanes of at least 4 members (excludes halogenated alkanes) is 1. The number of nitrogens with one attached hydrogen (secondary N) is 1. The molecule has 0 radical (unpaired) electrons. The van der Waals surface area contributed by atoms with Crippen LogP contribution in [0.15, 0.2) is 72.8 Å². The Morgan fingerprint density at radius 3 is 2.40 bits per heavy atom. The molecule has 0 unspecified atom stereocenters.